The summed E-state index contributed by atoms with van der Waals surface area (Å²) in [4.78, 5) is 16.1. The molecule has 0 saturated carbocycles. The highest BCUT2D eigenvalue weighted by molar-refractivity contribution is 7.92. The Morgan fingerprint density at radius 1 is 0.878 bits per heavy atom. The number of fused-ring (bicyclic) bond motifs is 1. The number of nitrogens with zero attached hydrogens (tertiary/aromatic N) is 1. The molecule has 5 aromatic rings. The van der Waals surface area contributed by atoms with Gasteiger partial charge in [-0.05, 0) is 71.1 Å². The van der Waals surface area contributed by atoms with Crippen molar-refractivity contribution in [2.45, 2.75) is 31.1 Å². The van der Waals surface area contributed by atoms with E-state index >= 15 is 0 Å². The average Bonchev–Trinajstić information content (AvgIpc) is 3.30. The van der Waals surface area contributed by atoms with Gasteiger partial charge in [0.15, 0.2) is 0 Å². The SMILES string of the molecule is CC(C)(C)c1ccc(S(=O)(=O)Nc2ccc3[nH]c(OC(=O)Nc4ccc(C#N)cc4)c(-c4ccccc4)c3c2)cc1. The normalized spacial score (nSPS) is 11.6. The Hall–Kier alpha value is -5.07. The van der Waals surface area contributed by atoms with E-state index in [1.807, 2.05) is 48.5 Å². The molecule has 1 amide bonds. The first-order chi connectivity index (χ1) is 19.5. The van der Waals surface area contributed by atoms with Gasteiger partial charge in [-0.2, -0.15) is 5.26 Å². The van der Waals surface area contributed by atoms with Gasteiger partial charge in [0.05, 0.1) is 22.1 Å². The largest absolute Gasteiger partial charge is 0.418 e. The molecule has 9 heteroatoms. The summed E-state index contributed by atoms with van der Waals surface area (Å²) in [5, 5.41) is 12.3. The van der Waals surface area contributed by atoms with Crippen molar-refractivity contribution in [1.82, 2.24) is 4.98 Å². The number of benzene rings is 4. The quantitative estimate of drug-likeness (QED) is 0.198. The highest BCUT2D eigenvalue weighted by Gasteiger charge is 2.21. The van der Waals surface area contributed by atoms with Crippen LogP contribution < -0.4 is 14.8 Å². The third-order valence-electron chi connectivity index (χ3n) is 6.56. The Labute approximate surface area is 238 Å². The van der Waals surface area contributed by atoms with Crippen molar-refractivity contribution in [2.24, 2.45) is 0 Å². The minimum Gasteiger partial charge on any atom is -0.392 e. The highest BCUT2D eigenvalue weighted by atomic mass is 32.2. The summed E-state index contributed by atoms with van der Waals surface area (Å²) < 4.78 is 34.8. The number of rotatable bonds is 6. The minimum absolute atomic E-state index is 0.0957. The zero-order valence-electron chi connectivity index (χ0n) is 22.7. The molecule has 1 heterocycles. The maximum Gasteiger partial charge on any atom is 0.418 e. The van der Waals surface area contributed by atoms with Crippen LogP contribution in [0.1, 0.15) is 31.9 Å². The number of aromatic nitrogens is 1. The van der Waals surface area contributed by atoms with Crippen molar-refractivity contribution in [3.63, 3.8) is 0 Å². The smallest absolute Gasteiger partial charge is 0.392 e. The van der Waals surface area contributed by atoms with Crippen LogP contribution in [0.3, 0.4) is 0 Å². The van der Waals surface area contributed by atoms with Crippen molar-refractivity contribution in [3.05, 3.63) is 108 Å². The molecule has 0 radical (unpaired) electrons. The van der Waals surface area contributed by atoms with E-state index in [1.165, 1.54) is 0 Å². The molecule has 0 saturated heterocycles. The summed E-state index contributed by atoms with van der Waals surface area (Å²) in [5.41, 5.74) is 4.28. The fourth-order valence-electron chi connectivity index (χ4n) is 4.41. The number of carbonyl (C=O) groups is 1. The minimum atomic E-state index is -3.85. The Morgan fingerprint density at radius 2 is 1.54 bits per heavy atom. The summed E-state index contributed by atoms with van der Waals surface area (Å²) in [6.07, 6.45) is -0.724. The molecular formula is C32H28N4O4S. The number of H-pyrrole nitrogens is 1. The van der Waals surface area contributed by atoms with Crippen LogP contribution in [0, 0.1) is 11.3 Å². The van der Waals surface area contributed by atoms with Gasteiger partial charge in [0.2, 0.25) is 5.88 Å². The van der Waals surface area contributed by atoms with Crippen molar-refractivity contribution >= 4 is 38.4 Å². The van der Waals surface area contributed by atoms with Gasteiger partial charge in [-0.3, -0.25) is 10.0 Å². The molecule has 0 fully saturated rings. The van der Waals surface area contributed by atoms with E-state index in [0.717, 1.165) is 11.1 Å². The van der Waals surface area contributed by atoms with Crippen LogP contribution in [-0.4, -0.2) is 19.5 Å². The predicted molar refractivity (Wildman–Crippen MR) is 160 cm³/mol. The standard InChI is InChI=1S/C32H28N4O4S/c1-32(2,3)23-11-16-26(17-12-23)41(38,39)36-25-15-18-28-27(19-25)29(22-7-5-4-6-8-22)30(35-28)40-31(37)34-24-13-9-21(20-33)10-14-24/h4-19,35-36H,1-3H3,(H,34,37). The van der Waals surface area contributed by atoms with Crippen LogP contribution in [0.5, 0.6) is 5.88 Å². The number of carbonyl (C=O) groups excluding carboxylic acids is 1. The van der Waals surface area contributed by atoms with Gasteiger partial charge < -0.3 is 9.72 Å². The Kier molecular flexibility index (Phi) is 7.26. The Balaban J connectivity index is 1.46. The Bertz CT molecular complexity index is 1870. The zero-order chi connectivity index (χ0) is 29.2. The molecular weight excluding hydrogens is 536 g/mol. The lowest BCUT2D eigenvalue weighted by molar-refractivity contribution is 0.214. The topological polar surface area (TPSA) is 124 Å². The maximum absolute atomic E-state index is 13.2. The van der Waals surface area contributed by atoms with Gasteiger partial charge >= 0.3 is 6.09 Å². The number of anilines is 2. The molecule has 0 unspecified atom stereocenters. The van der Waals surface area contributed by atoms with E-state index in [1.54, 1.807) is 54.6 Å². The molecule has 3 N–H and O–H groups in total. The van der Waals surface area contributed by atoms with Crippen LogP contribution in [0.4, 0.5) is 16.2 Å². The van der Waals surface area contributed by atoms with Crippen molar-refractivity contribution in [3.8, 4) is 23.1 Å². The maximum atomic E-state index is 13.2. The van der Waals surface area contributed by atoms with E-state index in [2.05, 4.69) is 35.8 Å². The Morgan fingerprint density at radius 3 is 2.17 bits per heavy atom. The van der Waals surface area contributed by atoms with Crippen LogP contribution in [0.15, 0.2) is 102 Å². The number of nitriles is 1. The summed E-state index contributed by atoms with van der Waals surface area (Å²) in [6, 6.07) is 29.7. The molecule has 8 nitrogen and oxygen atoms in total. The lowest BCUT2D eigenvalue weighted by atomic mass is 9.87. The van der Waals surface area contributed by atoms with Crippen LogP contribution >= 0.6 is 0 Å². The second-order valence-electron chi connectivity index (χ2n) is 10.5. The first-order valence-electron chi connectivity index (χ1n) is 12.9. The molecule has 0 spiro atoms. The van der Waals surface area contributed by atoms with Crippen LogP contribution in [0.2, 0.25) is 0 Å². The average molecular weight is 565 g/mol. The van der Waals surface area contributed by atoms with Crippen LogP contribution in [0.25, 0.3) is 22.0 Å². The summed E-state index contributed by atoms with van der Waals surface area (Å²) >= 11 is 0. The predicted octanol–water partition coefficient (Wildman–Crippen LogP) is 7.42. The fraction of sp³-hybridized carbons (Fsp3) is 0.125. The van der Waals surface area contributed by atoms with Gasteiger partial charge in [-0.25, -0.2) is 13.2 Å². The molecule has 0 aliphatic heterocycles. The molecule has 0 bridgehead atoms. The van der Waals surface area contributed by atoms with E-state index in [-0.39, 0.29) is 16.2 Å². The number of ether oxygens (including phenoxy) is 1. The first kappa shape index (κ1) is 27.5. The van der Waals surface area contributed by atoms with E-state index in [4.69, 9.17) is 10.00 Å². The van der Waals surface area contributed by atoms with Crippen molar-refractivity contribution in [1.29, 1.82) is 5.26 Å². The summed E-state index contributed by atoms with van der Waals surface area (Å²) in [6.45, 7) is 6.21. The number of nitrogens with one attached hydrogen (secondary N) is 3. The molecule has 206 valence electrons. The summed E-state index contributed by atoms with van der Waals surface area (Å²) in [5.74, 6) is 0.204. The molecule has 0 aliphatic carbocycles. The van der Waals surface area contributed by atoms with Gasteiger partial charge in [-0.1, -0.05) is 63.2 Å². The second kappa shape index (κ2) is 10.8. The summed E-state index contributed by atoms with van der Waals surface area (Å²) in [7, 11) is -3.85. The van der Waals surface area contributed by atoms with E-state index in [0.29, 0.717) is 33.4 Å². The van der Waals surface area contributed by atoms with Gasteiger partial charge in [0.1, 0.15) is 0 Å². The van der Waals surface area contributed by atoms with E-state index in [9.17, 15) is 13.2 Å². The molecule has 1 aromatic heterocycles. The number of hydrogen-bond donors (Lipinski definition) is 3. The molecule has 5 rings (SSSR count). The van der Waals surface area contributed by atoms with Gasteiger partial charge in [0, 0.05) is 22.3 Å². The van der Waals surface area contributed by atoms with Crippen molar-refractivity contribution < 1.29 is 17.9 Å². The third-order valence-corrected chi connectivity index (χ3v) is 7.96. The molecule has 4 aromatic carbocycles. The third kappa shape index (κ3) is 6.08. The number of sulfonamides is 1. The second-order valence-corrected chi connectivity index (χ2v) is 12.2. The monoisotopic (exact) mass is 564 g/mol. The highest BCUT2D eigenvalue weighted by Crippen LogP contribution is 2.39. The number of aromatic amines is 1. The van der Waals surface area contributed by atoms with Crippen LogP contribution in [-0.2, 0) is 15.4 Å². The fourth-order valence-corrected chi connectivity index (χ4v) is 5.46. The first-order valence-corrected chi connectivity index (χ1v) is 14.4. The molecule has 41 heavy (non-hydrogen) atoms. The van der Waals surface area contributed by atoms with Crippen molar-refractivity contribution in [2.75, 3.05) is 10.0 Å². The molecule has 0 aliphatic rings. The van der Waals surface area contributed by atoms with Gasteiger partial charge in [0.25, 0.3) is 10.0 Å². The number of hydrogen-bond acceptors (Lipinski definition) is 5. The number of amides is 1. The zero-order valence-corrected chi connectivity index (χ0v) is 23.5. The lowest BCUT2D eigenvalue weighted by Crippen LogP contribution is -2.17. The van der Waals surface area contributed by atoms with Gasteiger partial charge in [-0.15, -0.1) is 0 Å². The lowest BCUT2D eigenvalue weighted by Gasteiger charge is -2.19. The van der Waals surface area contributed by atoms with E-state index < -0.39 is 16.1 Å². The molecule has 0 atom stereocenters.